The van der Waals surface area contributed by atoms with Crippen molar-refractivity contribution in [2.75, 3.05) is 39.8 Å². The Labute approximate surface area is 65.4 Å². The minimum atomic E-state index is -0.309. The fraction of sp³-hybridized carbons (Fsp3) is 1.00. The zero-order valence-corrected chi connectivity index (χ0v) is 6.38. The third-order valence-electron chi connectivity index (χ3n) is 1.90. The van der Waals surface area contributed by atoms with E-state index < -0.39 is 0 Å². The molecule has 0 atom stereocenters. The highest BCUT2D eigenvalue weighted by atomic mass is 16.7. The molecule has 0 radical (unpaired) electrons. The van der Waals surface area contributed by atoms with Crippen LogP contribution in [0.25, 0.3) is 0 Å². The number of rotatable bonds is 0. The van der Waals surface area contributed by atoms with E-state index in [0.717, 1.165) is 0 Å². The van der Waals surface area contributed by atoms with E-state index in [9.17, 15) is 0 Å². The lowest BCUT2D eigenvalue weighted by Gasteiger charge is -2.38. The van der Waals surface area contributed by atoms with Crippen LogP contribution < -0.4 is 0 Å². The molecule has 11 heavy (non-hydrogen) atoms. The lowest BCUT2D eigenvalue weighted by Crippen LogP contribution is -2.53. The Morgan fingerprint density at radius 1 is 0.818 bits per heavy atom. The number of ether oxygens (including phenoxy) is 4. The van der Waals surface area contributed by atoms with Gasteiger partial charge in [0.15, 0.2) is 0 Å². The molecule has 0 unspecified atom stereocenters. The molecule has 0 saturated carbocycles. The van der Waals surface area contributed by atoms with Gasteiger partial charge < -0.3 is 18.9 Å². The van der Waals surface area contributed by atoms with Crippen molar-refractivity contribution in [2.24, 2.45) is 0 Å². The second-order valence-corrected chi connectivity index (χ2v) is 2.90. The molecule has 1 spiro atoms. The average molecular weight is 160 g/mol. The fourth-order valence-corrected chi connectivity index (χ4v) is 1.34. The first-order chi connectivity index (χ1) is 5.41. The van der Waals surface area contributed by atoms with Gasteiger partial charge in [-0.15, -0.1) is 0 Å². The second-order valence-electron chi connectivity index (χ2n) is 2.90. The largest absolute Gasteiger partial charge is 0.376 e. The van der Waals surface area contributed by atoms with Gasteiger partial charge in [-0.2, -0.15) is 0 Å². The van der Waals surface area contributed by atoms with Crippen molar-refractivity contribution < 1.29 is 18.9 Å². The van der Waals surface area contributed by atoms with Crippen molar-refractivity contribution in [2.45, 2.75) is 5.60 Å². The van der Waals surface area contributed by atoms with Crippen LogP contribution in [0.3, 0.4) is 0 Å². The van der Waals surface area contributed by atoms with Crippen molar-refractivity contribution >= 4 is 0 Å². The van der Waals surface area contributed by atoms with Gasteiger partial charge in [0.05, 0.1) is 33.0 Å². The van der Waals surface area contributed by atoms with Gasteiger partial charge >= 0.3 is 0 Å². The Morgan fingerprint density at radius 3 is 2.18 bits per heavy atom. The molecule has 0 aromatic rings. The topological polar surface area (TPSA) is 36.9 Å². The molecule has 4 nitrogen and oxygen atoms in total. The number of hydrogen-bond acceptors (Lipinski definition) is 4. The van der Waals surface area contributed by atoms with Crippen LogP contribution in [0.5, 0.6) is 0 Å². The van der Waals surface area contributed by atoms with Crippen LogP contribution >= 0.6 is 0 Å². The normalized spacial score (nSPS) is 30.5. The summed E-state index contributed by atoms with van der Waals surface area (Å²) >= 11 is 0. The van der Waals surface area contributed by atoms with Gasteiger partial charge in [0.1, 0.15) is 12.4 Å². The molecule has 0 aromatic carbocycles. The molecule has 0 aliphatic carbocycles. The highest BCUT2D eigenvalue weighted by Crippen LogP contribution is 2.20. The SMILES string of the molecule is C1COC2(CO1)COCOC2. The molecule has 2 aliphatic rings. The van der Waals surface area contributed by atoms with Crippen LogP contribution in [0.4, 0.5) is 0 Å². The smallest absolute Gasteiger partial charge is 0.147 e. The van der Waals surface area contributed by atoms with E-state index in [4.69, 9.17) is 18.9 Å². The summed E-state index contributed by atoms with van der Waals surface area (Å²) in [5.41, 5.74) is -0.309. The van der Waals surface area contributed by atoms with Crippen LogP contribution in [-0.4, -0.2) is 45.4 Å². The lowest BCUT2D eigenvalue weighted by molar-refractivity contribution is -0.259. The molecule has 4 heteroatoms. The van der Waals surface area contributed by atoms with Gasteiger partial charge in [-0.25, -0.2) is 0 Å². The average Bonchev–Trinajstić information content (AvgIpc) is 2.07. The van der Waals surface area contributed by atoms with Gasteiger partial charge in [0.25, 0.3) is 0 Å². The van der Waals surface area contributed by atoms with Gasteiger partial charge in [-0.05, 0) is 0 Å². The summed E-state index contributed by atoms with van der Waals surface area (Å²) in [4.78, 5) is 0. The molecule has 2 rings (SSSR count). The first-order valence-electron chi connectivity index (χ1n) is 3.79. The highest BCUT2D eigenvalue weighted by Gasteiger charge is 2.37. The molecular formula is C7H12O4. The van der Waals surface area contributed by atoms with Gasteiger partial charge in [-0.3, -0.25) is 0 Å². The van der Waals surface area contributed by atoms with E-state index in [1.807, 2.05) is 0 Å². The van der Waals surface area contributed by atoms with Crippen molar-refractivity contribution in [1.29, 1.82) is 0 Å². The van der Waals surface area contributed by atoms with Crippen LogP contribution in [0.1, 0.15) is 0 Å². The standard InChI is InChI=1S/C7H12O4/c1-2-11-7(3-8-1)4-9-6-10-5-7/h1-6H2. The van der Waals surface area contributed by atoms with Gasteiger partial charge in [0.2, 0.25) is 0 Å². The van der Waals surface area contributed by atoms with Crippen molar-refractivity contribution in [3.63, 3.8) is 0 Å². The maximum Gasteiger partial charge on any atom is 0.147 e. The van der Waals surface area contributed by atoms with Gasteiger partial charge in [-0.1, -0.05) is 0 Å². The van der Waals surface area contributed by atoms with Crippen LogP contribution in [0.2, 0.25) is 0 Å². The Morgan fingerprint density at radius 2 is 1.55 bits per heavy atom. The van der Waals surface area contributed by atoms with Crippen molar-refractivity contribution in [3.8, 4) is 0 Å². The summed E-state index contributed by atoms with van der Waals surface area (Å²) in [5.74, 6) is 0. The molecule has 0 amide bonds. The third kappa shape index (κ3) is 1.54. The van der Waals surface area contributed by atoms with E-state index in [1.165, 1.54) is 0 Å². The van der Waals surface area contributed by atoms with Crippen LogP contribution in [-0.2, 0) is 18.9 Å². The highest BCUT2D eigenvalue weighted by molar-refractivity contribution is 4.83. The van der Waals surface area contributed by atoms with Crippen LogP contribution in [0, 0.1) is 0 Å². The molecule has 0 N–H and O–H groups in total. The molecule has 2 saturated heterocycles. The minimum Gasteiger partial charge on any atom is -0.376 e. The van der Waals surface area contributed by atoms with Crippen molar-refractivity contribution in [3.05, 3.63) is 0 Å². The first kappa shape index (κ1) is 7.49. The molecular weight excluding hydrogens is 148 g/mol. The summed E-state index contributed by atoms with van der Waals surface area (Å²) in [6, 6.07) is 0. The van der Waals surface area contributed by atoms with Crippen LogP contribution in [0.15, 0.2) is 0 Å². The van der Waals surface area contributed by atoms with E-state index >= 15 is 0 Å². The Kier molecular flexibility index (Phi) is 2.09. The summed E-state index contributed by atoms with van der Waals surface area (Å²) in [6.07, 6.45) is 0. The van der Waals surface area contributed by atoms with E-state index in [-0.39, 0.29) is 5.60 Å². The second kappa shape index (κ2) is 3.06. The molecule has 2 fully saturated rings. The predicted octanol–water partition coefficient (Wildman–Crippen LogP) is -0.224. The zero-order chi connectivity index (χ0) is 7.57. The summed E-state index contributed by atoms with van der Waals surface area (Å²) in [5, 5.41) is 0. The molecule has 2 aliphatic heterocycles. The van der Waals surface area contributed by atoms with E-state index in [2.05, 4.69) is 0 Å². The third-order valence-corrected chi connectivity index (χ3v) is 1.90. The molecule has 0 bridgehead atoms. The quantitative estimate of drug-likeness (QED) is 0.490. The predicted molar refractivity (Wildman–Crippen MR) is 36.3 cm³/mol. The maximum atomic E-state index is 5.53. The summed E-state index contributed by atoms with van der Waals surface area (Å²) in [7, 11) is 0. The fourth-order valence-electron chi connectivity index (χ4n) is 1.34. The monoisotopic (exact) mass is 160 g/mol. The lowest BCUT2D eigenvalue weighted by atomic mass is 10.1. The molecule has 0 aromatic heterocycles. The Balaban J connectivity index is 1.94. The van der Waals surface area contributed by atoms with Crippen molar-refractivity contribution in [1.82, 2.24) is 0 Å². The Bertz CT molecular complexity index is 105. The maximum absolute atomic E-state index is 5.53. The summed E-state index contributed by atoms with van der Waals surface area (Å²) < 4.78 is 21.1. The summed E-state index contributed by atoms with van der Waals surface area (Å²) in [6.45, 7) is 3.48. The molecule has 2 heterocycles. The first-order valence-corrected chi connectivity index (χ1v) is 3.79. The molecule has 64 valence electrons. The van der Waals surface area contributed by atoms with E-state index in [0.29, 0.717) is 39.8 Å². The van der Waals surface area contributed by atoms with Gasteiger partial charge in [0, 0.05) is 0 Å². The van der Waals surface area contributed by atoms with E-state index in [1.54, 1.807) is 0 Å². The minimum absolute atomic E-state index is 0.309. The Hall–Kier alpha value is -0.160. The number of hydrogen-bond donors (Lipinski definition) is 0. The zero-order valence-electron chi connectivity index (χ0n) is 6.38.